The van der Waals surface area contributed by atoms with E-state index < -0.39 is 17.0 Å². The maximum absolute atomic E-state index is 14.1. The highest BCUT2D eigenvalue weighted by Crippen LogP contribution is 2.67. The summed E-state index contributed by atoms with van der Waals surface area (Å²) < 4.78 is 28.2. The van der Waals surface area contributed by atoms with Crippen molar-refractivity contribution in [3.05, 3.63) is 47.2 Å². The molecule has 1 fully saturated rings. The van der Waals surface area contributed by atoms with Crippen LogP contribution in [0, 0.1) is 17.0 Å². The summed E-state index contributed by atoms with van der Waals surface area (Å²) >= 11 is 3.30. The Kier molecular flexibility index (Phi) is 3.62. The van der Waals surface area contributed by atoms with Crippen LogP contribution in [-0.2, 0) is 10.2 Å². The number of alkyl halides is 1. The summed E-state index contributed by atoms with van der Waals surface area (Å²) in [5.41, 5.74) is 0.632. The SMILES string of the molecule is CC1(C)[C@H]2CC[C@]1(C(=O)CBr)c1nnc(-c3c(F)cccc3F)cc12. The third-order valence-electron chi connectivity index (χ3n) is 6.20. The molecule has 0 saturated heterocycles. The van der Waals surface area contributed by atoms with Gasteiger partial charge in [-0.05, 0) is 47.9 Å². The summed E-state index contributed by atoms with van der Waals surface area (Å²) in [5.74, 6) is -1.10. The largest absolute Gasteiger partial charge is 0.298 e. The Morgan fingerprint density at radius 2 is 1.96 bits per heavy atom. The number of fused-ring (bicyclic) bond motifs is 5. The fourth-order valence-electron chi connectivity index (χ4n) is 4.92. The number of hydrogen-bond acceptors (Lipinski definition) is 3. The third kappa shape index (κ3) is 1.97. The van der Waals surface area contributed by atoms with Crippen LogP contribution >= 0.6 is 15.9 Å². The first-order valence-corrected chi connectivity index (χ1v) is 9.38. The lowest BCUT2D eigenvalue weighted by Gasteiger charge is -2.35. The van der Waals surface area contributed by atoms with Crippen LogP contribution in [0.1, 0.15) is 43.9 Å². The standard InChI is InChI=1S/C19H17BrF2N2O/c1-18(2)11-6-7-19(18,15(25)9-20)17-10(11)8-14(23-24-17)16-12(21)4-3-5-13(16)22/h3-5,8,11H,6-7,9H2,1-2H3/t11-,19-/m0/s1. The summed E-state index contributed by atoms with van der Waals surface area (Å²) in [5, 5.41) is 8.66. The predicted octanol–water partition coefficient (Wildman–Crippen LogP) is 4.54. The molecule has 2 atom stereocenters. The second kappa shape index (κ2) is 5.40. The van der Waals surface area contributed by atoms with Crippen molar-refractivity contribution in [3.8, 4) is 11.3 Å². The fourth-order valence-corrected chi connectivity index (χ4v) is 5.40. The van der Waals surface area contributed by atoms with Gasteiger partial charge in [-0.2, -0.15) is 5.10 Å². The zero-order valence-electron chi connectivity index (χ0n) is 13.9. The van der Waals surface area contributed by atoms with Gasteiger partial charge in [-0.15, -0.1) is 5.10 Å². The lowest BCUT2D eigenvalue weighted by molar-refractivity contribution is -0.125. The molecular formula is C19H17BrF2N2O. The molecule has 0 N–H and O–H groups in total. The van der Waals surface area contributed by atoms with Gasteiger partial charge < -0.3 is 0 Å². The molecular weight excluding hydrogens is 390 g/mol. The Morgan fingerprint density at radius 1 is 1.28 bits per heavy atom. The van der Waals surface area contributed by atoms with Crippen molar-refractivity contribution < 1.29 is 13.6 Å². The van der Waals surface area contributed by atoms with Crippen LogP contribution in [-0.4, -0.2) is 21.3 Å². The quantitative estimate of drug-likeness (QED) is 0.702. The van der Waals surface area contributed by atoms with Crippen LogP contribution in [0.25, 0.3) is 11.3 Å². The number of carbonyl (C=O) groups excluding carboxylic acids is 1. The number of benzene rings is 1. The molecule has 2 aliphatic carbocycles. The van der Waals surface area contributed by atoms with E-state index in [1.807, 2.05) is 0 Å². The molecule has 25 heavy (non-hydrogen) atoms. The van der Waals surface area contributed by atoms with Crippen LogP contribution in [0.3, 0.4) is 0 Å². The summed E-state index contributed by atoms with van der Waals surface area (Å²) in [7, 11) is 0. The van der Waals surface area contributed by atoms with Crippen molar-refractivity contribution in [3.63, 3.8) is 0 Å². The minimum atomic E-state index is -0.671. The van der Waals surface area contributed by atoms with Crippen LogP contribution in [0.4, 0.5) is 8.78 Å². The molecule has 4 rings (SSSR count). The second-order valence-corrected chi connectivity index (χ2v) is 7.97. The number of aromatic nitrogens is 2. The smallest absolute Gasteiger partial charge is 0.156 e. The fraction of sp³-hybridized carbons (Fsp3) is 0.421. The molecule has 1 saturated carbocycles. The molecule has 0 radical (unpaired) electrons. The monoisotopic (exact) mass is 406 g/mol. The summed E-state index contributed by atoms with van der Waals surface area (Å²) in [6.45, 7) is 4.16. The summed E-state index contributed by atoms with van der Waals surface area (Å²) in [6.07, 6.45) is 1.60. The first kappa shape index (κ1) is 16.8. The van der Waals surface area contributed by atoms with Crippen LogP contribution < -0.4 is 0 Å². The van der Waals surface area contributed by atoms with Crippen molar-refractivity contribution >= 4 is 21.7 Å². The van der Waals surface area contributed by atoms with E-state index in [-0.39, 0.29) is 33.7 Å². The molecule has 0 amide bonds. The average Bonchev–Trinajstić information content (AvgIpc) is 2.96. The molecule has 130 valence electrons. The van der Waals surface area contributed by atoms with Gasteiger partial charge >= 0.3 is 0 Å². The molecule has 2 aliphatic rings. The summed E-state index contributed by atoms with van der Waals surface area (Å²) in [6, 6.07) is 5.46. The van der Waals surface area contributed by atoms with Gasteiger partial charge in [0.1, 0.15) is 11.6 Å². The second-order valence-electron chi connectivity index (χ2n) is 7.41. The molecule has 0 spiro atoms. The molecule has 1 aromatic carbocycles. The zero-order valence-corrected chi connectivity index (χ0v) is 15.5. The number of nitrogens with zero attached hydrogens (tertiary/aromatic N) is 2. The average molecular weight is 407 g/mol. The number of Topliss-reactive ketones (excluding diaryl/α,β-unsaturated/α-hetero) is 1. The number of halogens is 3. The van der Waals surface area contributed by atoms with E-state index in [0.717, 1.165) is 18.4 Å². The van der Waals surface area contributed by atoms with Gasteiger partial charge in [-0.3, -0.25) is 4.79 Å². The van der Waals surface area contributed by atoms with E-state index >= 15 is 0 Å². The highest BCUT2D eigenvalue weighted by Gasteiger charge is 2.66. The highest BCUT2D eigenvalue weighted by atomic mass is 79.9. The van der Waals surface area contributed by atoms with Crippen LogP contribution in [0.15, 0.2) is 24.3 Å². The molecule has 0 unspecified atom stereocenters. The van der Waals surface area contributed by atoms with Gasteiger partial charge in [-0.1, -0.05) is 35.8 Å². The zero-order chi connectivity index (χ0) is 18.0. The number of rotatable bonds is 3. The van der Waals surface area contributed by atoms with Gasteiger partial charge in [0, 0.05) is 0 Å². The van der Waals surface area contributed by atoms with Crippen molar-refractivity contribution in [2.45, 2.75) is 38.0 Å². The molecule has 1 heterocycles. The Balaban J connectivity index is 1.93. The molecule has 2 bridgehead atoms. The molecule has 1 aromatic heterocycles. The molecule has 6 heteroatoms. The third-order valence-corrected chi connectivity index (χ3v) is 6.71. The van der Waals surface area contributed by atoms with Crippen molar-refractivity contribution in [1.29, 1.82) is 0 Å². The van der Waals surface area contributed by atoms with E-state index in [0.29, 0.717) is 5.69 Å². The first-order valence-electron chi connectivity index (χ1n) is 8.26. The lowest BCUT2D eigenvalue weighted by atomic mass is 9.66. The normalized spacial score (nSPS) is 25.9. The maximum Gasteiger partial charge on any atom is 0.156 e. The maximum atomic E-state index is 14.1. The predicted molar refractivity (Wildman–Crippen MR) is 93.6 cm³/mol. The molecule has 3 nitrogen and oxygen atoms in total. The van der Waals surface area contributed by atoms with E-state index in [1.165, 1.54) is 18.2 Å². The topological polar surface area (TPSA) is 42.9 Å². The minimum absolute atomic E-state index is 0.0953. The Morgan fingerprint density at radius 3 is 2.60 bits per heavy atom. The van der Waals surface area contributed by atoms with Gasteiger partial charge in [0.2, 0.25) is 0 Å². The molecule has 0 aliphatic heterocycles. The highest BCUT2D eigenvalue weighted by molar-refractivity contribution is 9.09. The van der Waals surface area contributed by atoms with E-state index in [9.17, 15) is 13.6 Å². The van der Waals surface area contributed by atoms with Gasteiger partial charge in [-0.25, -0.2) is 8.78 Å². The Labute approximate surface area is 153 Å². The first-order chi connectivity index (χ1) is 11.8. The Bertz CT molecular complexity index is 879. The minimum Gasteiger partial charge on any atom is -0.298 e. The number of carbonyl (C=O) groups is 1. The van der Waals surface area contributed by atoms with Gasteiger partial charge in [0.25, 0.3) is 0 Å². The Hall–Kier alpha value is -1.69. The number of ketones is 1. The van der Waals surface area contributed by atoms with Crippen molar-refractivity contribution in [2.24, 2.45) is 5.41 Å². The van der Waals surface area contributed by atoms with Crippen LogP contribution in [0.2, 0.25) is 0 Å². The van der Waals surface area contributed by atoms with E-state index in [2.05, 4.69) is 40.0 Å². The van der Waals surface area contributed by atoms with Crippen molar-refractivity contribution in [1.82, 2.24) is 10.2 Å². The van der Waals surface area contributed by atoms with E-state index in [1.54, 1.807) is 6.07 Å². The van der Waals surface area contributed by atoms with Crippen molar-refractivity contribution in [2.75, 3.05) is 5.33 Å². The van der Waals surface area contributed by atoms with Gasteiger partial charge in [0.15, 0.2) is 5.78 Å². The lowest BCUT2D eigenvalue weighted by Crippen LogP contribution is -2.44. The molecule has 2 aromatic rings. The summed E-state index contributed by atoms with van der Waals surface area (Å²) in [4.78, 5) is 12.8. The van der Waals surface area contributed by atoms with Gasteiger partial charge in [0.05, 0.1) is 27.7 Å². The van der Waals surface area contributed by atoms with E-state index in [4.69, 9.17) is 0 Å². The van der Waals surface area contributed by atoms with Crippen LogP contribution in [0.5, 0.6) is 0 Å². The number of hydrogen-bond donors (Lipinski definition) is 0.